The van der Waals surface area contributed by atoms with Gasteiger partial charge in [-0.2, -0.15) is 13.2 Å². The van der Waals surface area contributed by atoms with E-state index in [9.17, 15) is 21.6 Å². The van der Waals surface area contributed by atoms with Crippen molar-refractivity contribution in [2.24, 2.45) is 5.73 Å². The summed E-state index contributed by atoms with van der Waals surface area (Å²) < 4.78 is 67.4. The van der Waals surface area contributed by atoms with Gasteiger partial charge in [-0.15, -0.1) is 0 Å². The second-order valence-corrected chi connectivity index (χ2v) is 9.46. The zero-order chi connectivity index (χ0) is 21.7. The molecule has 2 aliphatic rings. The average molecular weight is 457 g/mol. The summed E-state index contributed by atoms with van der Waals surface area (Å²) in [4.78, 5) is 3.50. The Morgan fingerprint density at radius 3 is 2.40 bits per heavy atom. The SMILES string of the molecule is NC(=S)N1CCN2c3ccccc3N(S(=O)(=O)c3cccc(C(F)(F)F)c3)CC2C1. The summed E-state index contributed by atoms with van der Waals surface area (Å²) in [6.07, 6.45) is -4.64. The number of nitrogens with two attached hydrogens (primary N) is 1. The monoisotopic (exact) mass is 456 g/mol. The highest BCUT2D eigenvalue weighted by atomic mass is 32.2. The van der Waals surface area contributed by atoms with Gasteiger partial charge in [0.25, 0.3) is 10.0 Å². The molecule has 2 heterocycles. The predicted molar refractivity (Wildman–Crippen MR) is 112 cm³/mol. The highest BCUT2D eigenvalue weighted by Crippen LogP contribution is 2.40. The van der Waals surface area contributed by atoms with Crippen LogP contribution in [0.2, 0.25) is 0 Å². The number of nitrogens with zero attached hydrogens (tertiary/aromatic N) is 3. The van der Waals surface area contributed by atoms with Crippen molar-refractivity contribution in [3.63, 3.8) is 0 Å². The minimum Gasteiger partial charge on any atom is -0.376 e. The second kappa shape index (κ2) is 7.31. The number of hydrogen-bond donors (Lipinski definition) is 1. The van der Waals surface area contributed by atoms with Gasteiger partial charge in [0.1, 0.15) is 0 Å². The van der Waals surface area contributed by atoms with Crippen LogP contribution in [-0.4, -0.2) is 50.7 Å². The maximum atomic E-state index is 13.4. The second-order valence-electron chi connectivity index (χ2n) is 7.18. The third-order valence-electron chi connectivity index (χ3n) is 5.38. The van der Waals surface area contributed by atoms with Crippen molar-refractivity contribution in [1.29, 1.82) is 0 Å². The van der Waals surface area contributed by atoms with E-state index in [2.05, 4.69) is 4.90 Å². The molecule has 1 unspecified atom stereocenters. The lowest BCUT2D eigenvalue weighted by molar-refractivity contribution is -0.137. The van der Waals surface area contributed by atoms with Crippen molar-refractivity contribution < 1.29 is 21.6 Å². The lowest BCUT2D eigenvalue weighted by Crippen LogP contribution is -2.62. The van der Waals surface area contributed by atoms with E-state index in [-0.39, 0.29) is 17.7 Å². The van der Waals surface area contributed by atoms with E-state index < -0.39 is 26.7 Å². The van der Waals surface area contributed by atoms with Crippen LogP contribution < -0.4 is 14.9 Å². The first-order valence-corrected chi connectivity index (χ1v) is 11.0. The summed E-state index contributed by atoms with van der Waals surface area (Å²) in [6.45, 7) is 1.73. The molecule has 2 aromatic rings. The number of alkyl halides is 3. The normalized spacial score (nSPS) is 19.3. The molecule has 0 bridgehead atoms. The number of benzene rings is 2. The molecule has 0 spiro atoms. The summed E-state index contributed by atoms with van der Waals surface area (Å²) in [5.74, 6) is 0. The molecule has 0 amide bonds. The predicted octanol–water partition coefficient (Wildman–Crippen LogP) is 2.65. The Bertz CT molecular complexity index is 1090. The Kier molecular flexibility index (Phi) is 5.05. The van der Waals surface area contributed by atoms with Gasteiger partial charge in [-0.3, -0.25) is 4.31 Å². The lowest BCUT2D eigenvalue weighted by Gasteiger charge is -2.49. The maximum absolute atomic E-state index is 13.4. The van der Waals surface area contributed by atoms with Gasteiger partial charge in [-0.05, 0) is 42.5 Å². The molecule has 2 aromatic carbocycles. The van der Waals surface area contributed by atoms with Crippen LogP contribution in [-0.2, 0) is 16.2 Å². The molecular formula is C19H19F3N4O2S2. The molecule has 0 radical (unpaired) electrons. The molecule has 0 aromatic heterocycles. The molecule has 0 saturated carbocycles. The number of piperazine rings is 1. The van der Waals surface area contributed by atoms with E-state index >= 15 is 0 Å². The van der Waals surface area contributed by atoms with Gasteiger partial charge in [0.05, 0.1) is 34.4 Å². The number of rotatable bonds is 2. The van der Waals surface area contributed by atoms with E-state index in [4.69, 9.17) is 18.0 Å². The van der Waals surface area contributed by atoms with E-state index in [1.54, 1.807) is 23.1 Å². The number of halogens is 3. The van der Waals surface area contributed by atoms with Gasteiger partial charge in [0, 0.05) is 19.6 Å². The Morgan fingerprint density at radius 1 is 1.03 bits per heavy atom. The number of para-hydroxylation sites is 2. The number of sulfonamides is 1. The number of fused-ring (bicyclic) bond motifs is 3. The van der Waals surface area contributed by atoms with Crippen LogP contribution in [0.3, 0.4) is 0 Å². The van der Waals surface area contributed by atoms with E-state index in [0.717, 1.165) is 12.1 Å². The van der Waals surface area contributed by atoms with Crippen LogP contribution in [0.15, 0.2) is 53.4 Å². The molecule has 1 fully saturated rings. The first-order valence-electron chi connectivity index (χ1n) is 9.19. The number of anilines is 2. The molecule has 160 valence electrons. The first kappa shape index (κ1) is 20.7. The summed E-state index contributed by atoms with van der Waals surface area (Å²) in [5, 5.41) is 0.237. The van der Waals surface area contributed by atoms with Crippen molar-refractivity contribution in [3.8, 4) is 0 Å². The van der Waals surface area contributed by atoms with E-state index in [1.165, 1.54) is 10.4 Å². The molecule has 30 heavy (non-hydrogen) atoms. The standard InChI is InChI=1S/C19H19F3N4O2S2/c20-19(21,22)13-4-3-5-15(10-13)30(27,28)26-12-14-11-24(18(23)29)8-9-25(14)16-6-1-2-7-17(16)26/h1-7,10,14H,8-9,11-12H2,(H2,23,29). The fourth-order valence-corrected chi connectivity index (χ4v) is 5.65. The van der Waals surface area contributed by atoms with Crippen LogP contribution in [0.5, 0.6) is 0 Å². The minimum absolute atomic E-state index is 0.0781. The summed E-state index contributed by atoms with van der Waals surface area (Å²) in [7, 11) is -4.22. The van der Waals surface area contributed by atoms with E-state index in [0.29, 0.717) is 37.1 Å². The molecule has 11 heteroatoms. The molecule has 1 saturated heterocycles. The third kappa shape index (κ3) is 3.56. The Labute approximate surface area is 177 Å². The molecule has 4 rings (SSSR count). The summed E-state index contributed by atoms with van der Waals surface area (Å²) in [5.41, 5.74) is 5.90. The van der Waals surface area contributed by atoms with Crippen LogP contribution in [0.4, 0.5) is 24.5 Å². The van der Waals surface area contributed by atoms with Gasteiger partial charge in [0.2, 0.25) is 0 Å². The van der Waals surface area contributed by atoms with Gasteiger partial charge >= 0.3 is 6.18 Å². The van der Waals surface area contributed by atoms with Crippen molar-refractivity contribution in [3.05, 3.63) is 54.1 Å². The van der Waals surface area contributed by atoms with Crippen LogP contribution >= 0.6 is 12.2 Å². The van der Waals surface area contributed by atoms with Crippen molar-refractivity contribution in [1.82, 2.24) is 4.90 Å². The van der Waals surface area contributed by atoms with Crippen molar-refractivity contribution in [2.45, 2.75) is 17.1 Å². The van der Waals surface area contributed by atoms with Crippen LogP contribution in [0.1, 0.15) is 5.56 Å². The van der Waals surface area contributed by atoms with Gasteiger partial charge < -0.3 is 15.5 Å². The van der Waals surface area contributed by atoms with E-state index in [1.807, 2.05) is 6.07 Å². The highest BCUT2D eigenvalue weighted by molar-refractivity contribution is 7.92. The third-order valence-corrected chi connectivity index (χ3v) is 7.41. The largest absolute Gasteiger partial charge is 0.416 e. The highest BCUT2D eigenvalue weighted by Gasteiger charge is 2.40. The average Bonchev–Trinajstić information content (AvgIpc) is 2.72. The molecule has 6 nitrogen and oxygen atoms in total. The van der Waals surface area contributed by atoms with Gasteiger partial charge in [0.15, 0.2) is 5.11 Å². The summed E-state index contributed by atoms with van der Waals surface area (Å²) >= 11 is 5.06. The molecule has 1 atom stereocenters. The van der Waals surface area contributed by atoms with Crippen molar-refractivity contribution >= 4 is 38.7 Å². The maximum Gasteiger partial charge on any atom is 0.416 e. The molecular weight excluding hydrogens is 437 g/mol. The minimum atomic E-state index is -4.64. The topological polar surface area (TPSA) is 69.9 Å². The lowest BCUT2D eigenvalue weighted by atomic mass is 10.1. The fraction of sp³-hybridized carbons (Fsp3) is 0.316. The molecule has 2 aliphatic heterocycles. The smallest absolute Gasteiger partial charge is 0.376 e. The zero-order valence-corrected chi connectivity index (χ0v) is 17.3. The number of hydrogen-bond acceptors (Lipinski definition) is 4. The Morgan fingerprint density at radius 2 is 1.73 bits per heavy atom. The molecule has 0 aliphatic carbocycles. The van der Waals surface area contributed by atoms with Crippen LogP contribution in [0, 0.1) is 0 Å². The Hall–Kier alpha value is -2.53. The number of thiocarbonyl (C=S) groups is 1. The van der Waals surface area contributed by atoms with Crippen LogP contribution in [0.25, 0.3) is 0 Å². The zero-order valence-electron chi connectivity index (χ0n) is 15.7. The Balaban J connectivity index is 1.77. The molecule has 2 N–H and O–H groups in total. The van der Waals surface area contributed by atoms with Gasteiger partial charge in [-0.1, -0.05) is 18.2 Å². The quantitative estimate of drug-likeness (QED) is 0.701. The van der Waals surface area contributed by atoms with Crippen molar-refractivity contribution in [2.75, 3.05) is 35.4 Å². The first-order chi connectivity index (χ1) is 14.1. The summed E-state index contributed by atoms with van der Waals surface area (Å²) in [6, 6.07) is 10.6. The fourth-order valence-electron chi connectivity index (χ4n) is 3.92. The van der Waals surface area contributed by atoms with Gasteiger partial charge in [-0.25, -0.2) is 8.42 Å².